The van der Waals surface area contributed by atoms with Crippen molar-refractivity contribution in [1.82, 2.24) is 14.8 Å². The first kappa shape index (κ1) is 30.6. The van der Waals surface area contributed by atoms with Crippen molar-refractivity contribution >= 4 is 63.2 Å². The van der Waals surface area contributed by atoms with Gasteiger partial charge in [0, 0.05) is 34.0 Å². The Balaban J connectivity index is 1.37. The number of nitrogens with zero attached hydrogens (tertiary/aromatic N) is 3. The second-order valence-corrected chi connectivity index (χ2v) is 11.5. The van der Waals surface area contributed by atoms with E-state index in [-0.39, 0.29) is 11.7 Å². The molecule has 0 saturated carbocycles. The fraction of sp³-hybridized carbons (Fsp3) is 0.241. The first-order valence-electron chi connectivity index (χ1n) is 12.6. The highest BCUT2D eigenvalue weighted by Gasteiger charge is 2.23. The van der Waals surface area contributed by atoms with Crippen LogP contribution in [0.2, 0.25) is 10.0 Å². The van der Waals surface area contributed by atoms with Crippen molar-refractivity contribution in [3.63, 3.8) is 0 Å². The highest BCUT2D eigenvalue weighted by atomic mass is 35.5. The fourth-order valence-electron chi connectivity index (χ4n) is 4.00. The van der Waals surface area contributed by atoms with Crippen LogP contribution in [0.1, 0.15) is 28.2 Å². The Labute approximate surface area is 256 Å². The number of carbonyl (C=O) groups excluding carboxylic acids is 2. The molecule has 0 atom stereocenters. The van der Waals surface area contributed by atoms with Crippen LogP contribution in [0.5, 0.6) is 5.75 Å². The van der Waals surface area contributed by atoms with Gasteiger partial charge >= 0.3 is 5.97 Å². The second kappa shape index (κ2) is 14.5. The van der Waals surface area contributed by atoms with Crippen molar-refractivity contribution < 1.29 is 19.1 Å². The van der Waals surface area contributed by atoms with Gasteiger partial charge in [-0.15, -0.1) is 28.1 Å². The number of methoxy groups -OCH3 is 1. The molecular formula is C29H28Cl2N4O4S2. The van der Waals surface area contributed by atoms with Crippen LogP contribution >= 0.6 is 46.3 Å². The smallest absolute Gasteiger partial charge is 0.341 e. The van der Waals surface area contributed by atoms with Crippen LogP contribution in [0.3, 0.4) is 0 Å². The van der Waals surface area contributed by atoms with Crippen molar-refractivity contribution in [2.75, 3.05) is 24.8 Å². The summed E-state index contributed by atoms with van der Waals surface area (Å²) < 4.78 is 12.8. The molecule has 12 heteroatoms. The Hall–Kier alpha value is -3.31. The molecule has 4 aromatic rings. The second-order valence-electron chi connectivity index (χ2n) is 8.85. The molecule has 8 nitrogen and oxygen atoms in total. The van der Waals surface area contributed by atoms with Gasteiger partial charge in [-0.2, -0.15) is 0 Å². The van der Waals surface area contributed by atoms with Crippen LogP contribution in [-0.4, -0.2) is 46.1 Å². The average molecular weight is 632 g/mol. The van der Waals surface area contributed by atoms with Crippen LogP contribution < -0.4 is 10.1 Å². The molecule has 0 aliphatic carbocycles. The monoisotopic (exact) mass is 630 g/mol. The molecule has 41 heavy (non-hydrogen) atoms. The lowest BCUT2D eigenvalue weighted by Gasteiger charge is -2.10. The number of carbonyl (C=O) groups is 2. The summed E-state index contributed by atoms with van der Waals surface area (Å²) >= 11 is 14.5. The molecule has 214 valence electrons. The van der Waals surface area contributed by atoms with Gasteiger partial charge in [-0.1, -0.05) is 53.2 Å². The SMILES string of the molecule is C=CCn1c(CCCOc2ccc(Cl)cc2C)nnc1SCC(=O)Nc1scc(-c2ccc(Cl)cc2)c1C(=O)OC. The lowest BCUT2D eigenvalue weighted by Crippen LogP contribution is -2.16. The van der Waals surface area contributed by atoms with Gasteiger partial charge in [0.15, 0.2) is 5.16 Å². The van der Waals surface area contributed by atoms with Crippen LogP contribution in [0, 0.1) is 6.92 Å². The highest BCUT2D eigenvalue weighted by Crippen LogP contribution is 2.37. The van der Waals surface area contributed by atoms with E-state index in [4.69, 9.17) is 32.7 Å². The van der Waals surface area contributed by atoms with Gasteiger partial charge in [0.05, 0.1) is 19.5 Å². The zero-order valence-corrected chi connectivity index (χ0v) is 25.6. The van der Waals surface area contributed by atoms with Crippen molar-refractivity contribution in [2.24, 2.45) is 0 Å². The zero-order chi connectivity index (χ0) is 29.4. The van der Waals surface area contributed by atoms with E-state index in [1.165, 1.54) is 30.2 Å². The predicted octanol–water partition coefficient (Wildman–Crippen LogP) is 7.34. The lowest BCUT2D eigenvalue weighted by atomic mass is 10.0. The fourth-order valence-corrected chi connectivity index (χ4v) is 6.09. The largest absolute Gasteiger partial charge is 0.493 e. The maximum Gasteiger partial charge on any atom is 0.341 e. The van der Waals surface area contributed by atoms with Crippen LogP contribution in [0.25, 0.3) is 11.1 Å². The van der Waals surface area contributed by atoms with Gasteiger partial charge in [-0.05, 0) is 54.8 Å². The average Bonchev–Trinajstić information content (AvgIpc) is 3.55. The molecule has 0 radical (unpaired) electrons. The summed E-state index contributed by atoms with van der Waals surface area (Å²) in [5, 5.41) is 15.6. The standard InChI is InChI=1S/C29H28Cl2N4O4S2/c1-4-13-35-24(6-5-14-39-23-12-11-21(31)15-18(23)2)33-34-29(35)41-17-25(36)32-27-26(28(37)38-3)22(16-40-27)19-7-9-20(30)10-8-19/h4,7-12,15-16H,1,5-6,13-14,17H2,2-3H3,(H,32,36). The Kier molecular flexibility index (Phi) is 10.9. The van der Waals surface area contributed by atoms with Crippen LogP contribution in [-0.2, 0) is 22.5 Å². The molecule has 0 aliphatic heterocycles. The minimum atomic E-state index is -0.537. The molecule has 0 aliphatic rings. The minimum absolute atomic E-state index is 0.0724. The van der Waals surface area contributed by atoms with Crippen molar-refractivity contribution in [2.45, 2.75) is 31.5 Å². The Morgan fingerprint density at radius 1 is 1.15 bits per heavy atom. The number of amides is 1. The van der Waals surface area contributed by atoms with Crippen molar-refractivity contribution in [3.8, 4) is 16.9 Å². The summed E-state index contributed by atoms with van der Waals surface area (Å²) in [6.45, 7) is 6.81. The number of allylic oxidation sites excluding steroid dienone is 1. The zero-order valence-electron chi connectivity index (χ0n) is 22.5. The number of esters is 1. The summed E-state index contributed by atoms with van der Waals surface area (Å²) in [7, 11) is 1.31. The number of aryl methyl sites for hydroxylation is 2. The number of anilines is 1. The molecule has 1 amide bonds. The molecule has 1 N–H and O–H groups in total. The number of aromatic nitrogens is 3. The third kappa shape index (κ3) is 7.91. The van der Waals surface area contributed by atoms with E-state index in [0.29, 0.717) is 50.9 Å². The topological polar surface area (TPSA) is 95.3 Å². The number of nitrogens with one attached hydrogen (secondary N) is 1. The highest BCUT2D eigenvalue weighted by molar-refractivity contribution is 7.99. The molecule has 2 aromatic heterocycles. The lowest BCUT2D eigenvalue weighted by molar-refractivity contribution is -0.113. The molecule has 0 saturated heterocycles. The summed E-state index contributed by atoms with van der Waals surface area (Å²) in [5.74, 6) is 0.827. The summed E-state index contributed by atoms with van der Waals surface area (Å²) in [6.07, 6.45) is 3.13. The Morgan fingerprint density at radius 3 is 2.61 bits per heavy atom. The number of halogens is 2. The number of hydrogen-bond donors (Lipinski definition) is 1. The molecule has 2 aromatic carbocycles. The Bertz CT molecular complexity index is 1540. The van der Waals surface area contributed by atoms with Gasteiger partial charge in [0.2, 0.25) is 5.91 Å². The van der Waals surface area contributed by atoms with E-state index in [2.05, 4.69) is 22.1 Å². The van der Waals surface area contributed by atoms with E-state index < -0.39 is 5.97 Å². The molecule has 0 fully saturated rings. The molecular weight excluding hydrogens is 603 g/mol. The van der Waals surface area contributed by atoms with Gasteiger partial charge in [-0.25, -0.2) is 4.79 Å². The number of benzene rings is 2. The first-order valence-corrected chi connectivity index (χ1v) is 15.2. The van der Waals surface area contributed by atoms with Crippen LogP contribution in [0.4, 0.5) is 5.00 Å². The maximum absolute atomic E-state index is 12.9. The quantitative estimate of drug-likeness (QED) is 0.0714. The van der Waals surface area contributed by atoms with E-state index in [9.17, 15) is 9.59 Å². The number of hydrogen-bond acceptors (Lipinski definition) is 8. The number of thioether (sulfide) groups is 1. The third-order valence-electron chi connectivity index (χ3n) is 5.97. The summed E-state index contributed by atoms with van der Waals surface area (Å²) in [6, 6.07) is 12.6. The maximum atomic E-state index is 12.9. The van der Waals surface area contributed by atoms with Gasteiger partial charge in [-0.3, -0.25) is 4.79 Å². The first-order chi connectivity index (χ1) is 19.8. The van der Waals surface area contributed by atoms with Crippen molar-refractivity contribution in [3.05, 3.63) is 87.5 Å². The van der Waals surface area contributed by atoms with E-state index in [1.54, 1.807) is 24.3 Å². The van der Waals surface area contributed by atoms with Gasteiger partial charge in [0.25, 0.3) is 0 Å². The molecule has 4 rings (SSSR count). The van der Waals surface area contributed by atoms with Crippen LogP contribution in [0.15, 0.2) is 65.7 Å². The molecule has 2 heterocycles. The summed E-state index contributed by atoms with van der Waals surface area (Å²) in [4.78, 5) is 25.5. The normalized spacial score (nSPS) is 10.8. The molecule has 0 spiro atoms. The Morgan fingerprint density at radius 2 is 1.90 bits per heavy atom. The molecule has 0 bridgehead atoms. The third-order valence-corrected chi connectivity index (χ3v) is 8.31. The number of rotatable bonds is 13. The van der Waals surface area contributed by atoms with E-state index >= 15 is 0 Å². The number of thiophene rings is 1. The van der Waals surface area contributed by atoms with E-state index in [0.717, 1.165) is 29.1 Å². The van der Waals surface area contributed by atoms with Gasteiger partial charge in [0.1, 0.15) is 22.1 Å². The molecule has 0 unspecified atom stereocenters. The van der Waals surface area contributed by atoms with E-state index in [1.807, 2.05) is 41.1 Å². The van der Waals surface area contributed by atoms with Crippen molar-refractivity contribution in [1.29, 1.82) is 0 Å². The predicted molar refractivity (Wildman–Crippen MR) is 166 cm³/mol. The number of ether oxygens (including phenoxy) is 2. The summed E-state index contributed by atoms with van der Waals surface area (Å²) in [5.41, 5.74) is 2.73. The minimum Gasteiger partial charge on any atom is -0.493 e. The van der Waals surface area contributed by atoms with Gasteiger partial charge < -0.3 is 19.4 Å².